The van der Waals surface area contributed by atoms with Crippen molar-refractivity contribution in [2.24, 2.45) is 4.99 Å². The number of anilines is 1. The maximum atomic E-state index is 14.4. The number of aliphatic imine (C=N–C) groups is 1. The average molecular weight is 602 g/mol. The summed E-state index contributed by atoms with van der Waals surface area (Å²) in [5.41, 5.74) is 2.96. The van der Waals surface area contributed by atoms with Crippen molar-refractivity contribution in [2.45, 2.75) is 26.1 Å². The number of aliphatic hydroxyl groups excluding tert-OH is 1. The number of ether oxygens (including phenoxy) is 2. The monoisotopic (exact) mass is 601 g/mol. The number of hydrogen-bond acceptors (Lipinski definition) is 8. The number of rotatable bonds is 9. The van der Waals surface area contributed by atoms with E-state index in [2.05, 4.69) is 19.8 Å². The number of thioether (sulfide) groups is 1. The van der Waals surface area contributed by atoms with E-state index in [0.717, 1.165) is 27.8 Å². The van der Waals surface area contributed by atoms with E-state index in [1.807, 2.05) is 12.1 Å². The lowest BCUT2D eigenvalue weighted by atomic mass is 10.1. The zero-order valence-corrected chi connectivity index (χ0v) is 22.8. The van der Waals surface area contributed by atoms with Gasteiger partial charge in [-0.25, -0.2) is 19.0 Å². The van der Waals surface area contributed by atoms with Crippen molar-refractivity contribution >= 4 is 28.5 Å². The third-order valence-corrected chi connectivity index (χ3v) is 6.96. The summed E-state index contributed by atoms with van der Waals surface area (Å²) in [5, 5.41) is 14.8. The Bertz CT molecular complexity index is 1590. The number of carbonyl (C=O) groups is 1. The van der Waals surface area contributed by atoms with Crippen LogP contribution in [0.15, 0.2) is 78.0 Å². The highest BCUT2D eigenvalue weighted by molar-refractivity contribution is 8.15. The van der Waals surface area contributed by atoms with E-state index in [1.54, 1.807) is 31.2 Å². The number of amides is 1. The molecule has 1 aromatic heterocycles. The molecule has 5 rings (SSSR count). The zero-order chi connectivity index (χ0) is 29.9. The lowest BCUT2D eigenvalue weighted by Gasteiger charge is -2.18. The molecule has 1 atom stereocenters. The normalized spacial score (nSPS) is 15.4. The number of aromatic nitrogens is 3. The molecular formula is C28H23F4N5O4S. The van der Waals surface area contributed by atoms with Gasteiger partial charge in [-0.05, 0) is 60.9 Å². The molecule has 1 unspecified atom stereocenters. The van der Waals surface area contributed by atoms with Crippen molar-refractivity contribution in [3.05, 3.63) is 90.0 Å². The first-order valence-corrected chi connectivity index (χ1v) is 13.5. The van der Waals surface area contributed by atoms with Crippen LogP contribution < -0.4 is 9.64 Å². The van der Waals surface area contributed by atoms with Crippen molar-refractivity contribution in [2.75, 3.05) is 17.3 Å². The van der Waals surface area contributed by atoms with Crippen molar-refractivity contribution in [3.63, 3.8) is 0 Å². The fourth-order valence-corrected chi connectivity index (χ4v) is 4.92. The first-order chi connectivity index (χ1) is 20.1. The molecule has 1 aliphatic rings. The summed E-state index contributed by atoms with van der Waals surface area (Å²) in [6, 6.07) is 17.0. The molecule has 1 amide bonds. The average Bonchev–Trinajstić information content (AvgIpc) is 3.57. The van der Waals surface area contributed by atoms with Crippen molar-refractivity contribution < 1.29 is 36.9 Å². The molecule has 0 saturated carbocycles. The molecule has 4 aromatic rings. The summed E-state index contributed by atoms with van der Waals surface area (Å²) < 4.78 is 62.2. The van der Waals surface area contributed by atoms with Crippen LogP contribution in [0.5, 0.6) is 5.75 Å². The maximum absolute atomic E-state index is 14.4. The van der Waals surface area contributed by atoms with E-state index in [0.29, 0.717) is 23.5 Å². The topological polar surface area (TPSA) is 102 Å². The fourth-order valence-electron chi connectivity index (χ4n) is 4.04. The van der Waals surface area contributed by atoms with E-state index in [4.69, 9.17) is 4.74 Å². The number of hydrogen-bond donors (Lipinski definition) is 1. The maximum Gasteiger partial charge on any atom is 0.573 e. The molecule has 0 radical (unpaired) electrons. The molecule has 1 aliphatic heterocycles. The predicted molar refractivity (Wildman–Crippen MR) is 148 cm³/mol. The Labute approximate surface area is 241 Å². The third-order valence-electron chi connectivity index (χ3n) is 6.03. The fraction of sp³-hybridized carbons (Fsp3) is 0.214. The van der Waals surface area contributed by atoms with Crippen molar-refractivity contribution in [3.8, 4) is 22.8 Å². The van der Waals surface area contributed by atoms with Gasteiger partial charge >= 0.3 is 6.36 Å². The summed E-state index contributed by atoms with van der Waals surface area (Å²) in [6.45, 7) is 1.90. The lowest BCUT2D eigenvalue weighted by Crippen LogP contribution is -2.31. The van der Waals surface area contributed by atoms with Crippen molar-refractivity contribution in [1.82, 2.24) is 14.8 Å². The molecule has 9 nitrogen and oxygen atoms in total. The smallest absolute Gasteiger partial charge is 0.406 e. The van der Waals surface area contributed by atoms with Crippen LogP contribution >= 0.6 is 11.8 Å². The minimum absolute atomic E-state index is 0.0710. The summed E-state index contributed by atoms with van der Waals surface area (Å²) >= 11 is 1.09. The summed E-state index contributed by atoms with van der Waals surface area (Å²) in [7, 11) is 0. The molecule has 14 heteroatoms. The summed E-state index contributed by atoms with van der Waals surface area (Å²) in [5.74, 6) is -0.764. The van der Waals surface area contributed by atoms with Crippen LogP contribution in [0.1, 0.15) is 11.1 Å². The van der Waals surface area contributed by atoms with Crippen LogP contribution in [-0.2, 0) is 16.0 Å². The van der Waals surface area contributed by atoms with E-state index < -0.39 is 18.6 Å². The highest BCUT2D eigenvalue weighted by atomic mass is 32.2. The Balaban J connectivity index is 1.16. The van der Waals surface area contributed by atoms with Gasteiger partial charge in [0.15, 0.2) is 11.0 Å². The van der Waals surface area contributed by atoms with Gasteiger partial charge < -0.3 is 14.6 Å². The summed E-state index contributed by atoms with van der Waals surface area (Å²) in [4.78, 5) is 21.8. The molecule has 3 aromatic carbocycles. The molecule has 1 fully saturated rings. The summed E-state index contributed by atoms with van der Waals surface area (Å²) in [6.07, 6.45) is -4.42. The van der Waals surface area contributed by atoms with Crippen LogP contribution in [0.3, 0.4) is 0 Å². The standard InChI is InChI=1S/C28H23F4N5O4S/c1-17-2-11-22(29)23(14-17)37-24(38)15-42-26(37)34-27(39)40-13-12-18-3-5-19(6-4-18)25-33-16-36(35-25)20-7-9-21(10-8-20)41-28(30,31)32/h2-11,14,16,27,39H,12-13,15H2,1H3. The predicted octanol–water partition coefficient (Wildman–Crippen LogP) is 5.25. The van der Waals surface area contributed by atoms with Crippen LogP contribution in [0.25, 0.3) is 17.1 Å². The number of aryl methyl sites for hydroxylation is 1. The highest BCUT2D eigenvalue weighted by Crippen LogP contribution is 2.30. The van der Waals surface area contributed by atoms with Crippen LogP contribution in [0, 0.1) is 12.7 Å². The van der Waals surface area contributed by atoms with Gasteiger partial charge in [0.1, 0.15) is 17.9 Å². The minimum Gasteiger partial charge on any atom is -0.406 e. The number of nitrogens with zero attached hydrogens (tertiary/aromatic N) is 5. The molecule has 1 saturated heterocycles. The van der Waals surface area contributed by atoms with Crippen LogP contribution in [0.4, 0.5) is 23.2 Å². The Morgan fingerprint density at radius 3 is 2.55 bits per heavy atom. The Morgan fingerprint density at radius 1 is 1.10 bits per heavy atom. The molecule has 0 spiro atoms. The first kappa shape index (κ1) is 29.2. The number of halogens is 4. The van der Waals surface area contributed by atoms with Crippen LogP contribution in [0.2, 0.25) is 0 Å². The van der Waals surface area contributed by atoms with Gasteiger partial charge in [-0.3, -0.25) is 9.69 Å². The van der Waals surface area contributed by atoms with Gasteiger partial charge in [0, 0.05) is 5.56 Å². The van der Waals surface area contributed by atoms with Crippen molar-refractivity contribution in [1.29, 1.82) is 0 Å². The highest BCUT2D eigenvalue weighted by Gasteiger charge is 2.32. The van der Waals surface area contributed by atoms with Crippen LogP contribution in [-0.4, -0.2) is 56.1 Å². The molecule has 0 aliphatic carbocycles. The van der Waals surface area contributed by atoms with E-state index in [1.165, 1.54) is 41.3 Å². The molecule has 42 heavy (non-hydrogen) atoms. The van der Waals surface area contributed by atoms with E-state index in [-0.39, 0.29) is 34.9 Å². The third kappa shape index (κ3) is 7.13. The number of benzene rings is 3. The van der Waals surface area contributed by atoms with Gasteiger partial charge in [-0.2, -0.15) is 0 Å². The molecule has 0 bridgehead atoms. The first-order valence-electron chi connectivity index (χ1n) is 12.5. The molecular weight excluding hydrogens is 578 g/mol. The number of amidine groups is 1. The lowest BCUT2D eigenvalue weighted by molar-refractivity contribution is -0.274. The SMILES string of the molecule is Cc1ccc(F)c(N2C(=O)CSC2=NC(O)OCCc2ccc(-c3ncn(-c4ccc(OC(F)(F)F)cc4)n3)cc2)c1. The zero-order valence-electron chi connectivity index (χ0n) is 22.0. The van der Waals surface area contributed by atoms with Gasteiger partial charge in [0.2, 0.25) is 5.91 Å². The number of alkyl halides is 3. The Kier molecular flexibility index (Phi) is 8.56. The second-order valence-electron chi connectivity index (χ2n) is 9.08. The molecule has 2 heterocycles. The molecule has 218 valence electrons. The van der Waals surface area contributed by atoms with Gasteiger partial charge in [-0.15, -0.1) is 18.3 Å². The Hall–Kier alpha value is -4.27. The second kappa shape index (κ2) is 12.3. The molecule has 1 N–H and O–H groups in total. The largest absolute Gasteiger partial charge is 0.573 e. The quantitative estimate of drug-likeness (QED) is 0.207. The number of carbonyl (C=O) groups excluding carboxylic acids is 1. The second-order valence-corrected chi connectivity index (χ2v) is 10.0. The number of aliphatic hydroxyl groups is 1. The van der Waals surface area contributed by atoms with Gasteiger partial charge in [0.25, 0.3) is 6.41 Å². The van der Waals surface area contributed by atoms with Gasteiger partial charge in [0.05, 0.1) is 23.7 Å². The van der Waals surface area contributed by atoms with E-state index >= 15 is 0 Å². The van der Waals surface area contributed by atoms with E-state index in [9.17, 15) is 27.5 Å². The minimum atomic E-state index is -4.77. The Morgan fingerprint density at radius 2 is 1.83 bits per heavy atom. The van der Waals surface area contributed by atoms with Gasteiger partial charge in [-0.1, -0.05) is 42.1 Å².